The summed E-state index contributed by atoms with van der Waals surface area (Å²) in [7, 11) is 0. The number of hydrogen-bond acceptors (Lipinski definition) is 4. The van der Waals surface area contributed by atoms with E-state index in [-0.39, 0.29) is 0 Å². The van der Waals surface area contributed by atoms with Gasteiger partial charge in [0.05, 0.1) is 22.7 Å². The molecule has 1 aromatic rings. The monoisotopic (exact) mass is 269 g/mol. The van der Waals surface area contributed by atoms with Gasteiger partial charge in [0.1, 0.15) is 0 Å². The van der Waals surface area contributed by atoms with Crippen molar-refractivity contribution in [1.82, 2.24) is 9.97 Å². The van der Waals surface area contributed by atoms with Gasteiger partial charge in [0.15, 0.2) is 0 Å². The van der Waals surface area contributed by atoms with Crippen molar-refractivity contribution < 1.29 is 4.74 Å². The first-order valence-corrected chi connectivity index (χ1v) is 6.00. The fraction of sp³-hybridized carbons (Fsp3) is 0.600. The largest absolute Gasteiger partial charge is 0.373 e. The van der Waals surface area contributed by atoms with Crippen LogP contribution in [0.5, 0.6) is 0 Å². The van der Waals surface area contributed by atoms with Gasteiger partial charge in [0.2, 0.25) is 5.95 Å². The molecule has 3 atom stereocenters. The number of aromatic nitrogens is 2. The summed E-state index contributed by atoms with van der Waals surface area (Å²) in [6.07, 6.45) is 7.80. The standard InChI is InChI=1S/C10H12BrN3O/c11-6-4-12-10(13-5-6)14-8-3-7-1-2-9(8)15-7/h4-5,7-9H,1-3H2,(H,12,13,14)/t7-,8+,9-/m1/s1. The number of nitrogens with zero attached hydrogens (tertiary/aromatic N) is 2. The van der Waals surface area contributed by atoms with E-state index in [0.717, 1.165) is 10.9 Å². The Bertz CT molecular complexity index is 356. The molecule has 2 fully saturated rings. The van der Waals surface area contributed by atoms with Crippen LogP contribution in [0.25, 0.3) is 0 Å². The highest BCUT2D eigenvalue weighted by atomic mass is 79.9. The number of fused-ring (bicyclic) bond motifs is 2. The average Bonchev–Trinajstić information content (AvgIpc) is 2.83. The van der Waals surface area contributed by atoms with Crippen molar-refractivity contribution in [2.24, 2.45) is 0 Å². The average molecular weight is 270 g/mol. The summed E-state index contributed by atoms with van der Waals surface area (Å²) >= 11 is 3.31. The van der Waals surface area contributed by atoms with Crippen LogP contribution in [0, 0.1) is 0 Å². The molecular weight excluding hydrogens is 258 g/mol. The molecule has 5 heteroatoms. The zero-order chi connectivity index (χ0) is 10.3. The van der Waals surface area contributed by atoms with E-state index in [4.69, 9.17) is 4.74 Å². The van der Waals surface area contributed by atoms with Crippen molar-refractivity contribution in [3.63, 3.8) is 0 Å². The number of nitrogens with one attached hydrogen (secondary N) is 1. The van der Waals surface area contributed by atoms with Crippen molar-refractivity contribution in [3.8, 4) is 0 Å². The number of rotatable bonds is 2. The number of hydrogen-bond donors (Lipinski definition) is 1. The molecular formula is C10H12BrN3O. The fourth-order valence-corrected chi connectivity index (χ4v) is 2.55. The van der Waals surface area contributed by atoms with Crippen LogP contribution in [0.1, 0.15) is 19.3 Å². The maximum Gasteiger partial charge on any atom is 0.222 e. The van der Waals surface area contributed by atoms with Gasteiger partial charge >= 0.3 is 0 Å². The van der Waals surface area contributed by atoms with Crippen LogP contribution in [0.4, 0.5) is 5.95 Å². The summed E-state index contributed by atoms with van der Waals surface area (Å²) in [6, 6.07) is 0.393. The van der Waals surface area contributed by atoms with Gasteiger partial charge in [-0.15, -0.1) is 0 Å². The zero-order valence-corrected chi connectivity index (χ0v) is 9.77. The van der Waals surface area contributed by atoms with Crippen LogP contribution in [-0.4, -0.2) is 28.2 Å². The lowest BCUT2D eigenvalue weighted by molar-refractivity contribution is 0.102. The molecule has 80 valence electrons. The molecule has 0 unspecified atom stereocenters. The van der Waals surface area contributed by atoms with E-state index in [1.165, 1.54) is 12.8 Å². The predicted molar refractivity (Wildman–Crippen MR) is 59.7 cm³/mol. The minimum Gasteiger partial charge on any atom is -0.373 e. The number of anilines is 1. The molecule has 2 aliphatic heterocycles. The lowest BCUT2D eigenvalue weighted by Crippen LogP contribution is -2.31. The first-order chi connectivity index (χ1) is 7.31. The Kier molecular flexibility index (Phi) is 2.36. The highest BCUT2D eigenvalue weighted by Gasteiger charge is 2.40. The van der Waals surface area contributed by atoms with Gasteiger partial charge in [-0.05, 0) is 35.2 Å². The Labute approximate surface area is 96.6 Å². The third-order valence-corrected chi connectivity index (χ3v) is 3.45. The summed E-state index contributed by atoms with van der Waals surface area (Å²) in [4.78, 5) is 8.40. The van der Waals surface area contributed by atoms with Crippen molar-refractivity contribution >= 4 is 21.9 Å². The van der Waals surface area contributed by atoms with E-state index in [1.807, 2.05) is 0 Å². The molecule has 1 N–H and O–H groups in total. The molecule has 3 heterocycles. The third kappa shape index (κ3) is 1.86. The van der Waals surface area contributed by atoms with Crippen LogP contribution < -0.4 is 5.32 Å². The summed E-state index contributed by atoms with van der Waals surface area (Å²) in [6.45, 7) is 0. The van der Waals surface area contributed by atoms with Crippen molar-refractivity contribution in [3.05, 3.63) is 16.9 Å². The zero-order valence-electron chi connectivity index (χ0n) is 8.19. The Morgan fingerprint density at radius 3 is 2.73 bits per heavy atom. The molecule has 0 spiro atoms. The van der Waals surface area contributed by atoms with Crippen molar-refractivity contribution in [2.45, 2.75) is 37.5 Å². The van der Waals surface area contributed by atoms with Gasteiger partial charge in [0, 0.05) is 12.4 Å². The van der Waals surface area contributed by atoms with E-state index in [0.29, 0.717) is 24.2 Å². The molecule has 0 aliphatic carbocycles. The van der Waals surface area contributed by atoms with E-state index >= 15 is 0 Å². The van der Waals surface area contributed by atoms with Crippen molar-refractivity contribution in [2.75, 3.05) is 5.32 Å². The second kappa shape index (κ2) is 3.72. The van der Waals surface area contributed by atoms with Crippen LogP contribution >= 0.6 is 15.9 Å². The molecule has 15 heavy (non-hydrogen) atoms. The van der Waals surface area contributed by atoms with E-state index in [9.17, 15) is 0 Å². The highest BCUT2D eigenvalue weighted by Crippen LogP contribution is 2.35. The minimum absolute atomic E-state index is 0.363. The van der Waals surface area contributed by atoms with Gasteiger partial charge in [-0.3, -0.25) is 0 Å². The van der Waals surface area contributed by atoms with Gasteiger partial charge < -0.3 is 10.1 Å². The second-order valence-electron chi connectivity index (χ2n) is 4.09. The Morgan fingerprint density at radius 2 is 2.13 bits per heavy atom. The summed E-state index contributed by atoms with van der Waals surface area (Å²) in [5, 5.41) is 3.33. The molecule has 2 bridgehead atoms. The SMILES string of the molecule is Brc1cnc(N[C@H]2C[C@H]3CC[C@H]2O3)nc1. The van der Waals surface area contributed by atoms with Crippen LogP contribution in [-0.2, 0) is 4.74 Å². The van der Waals surface area contributed by atoms with Crippen LogP contribution in [0.2, 0.25) is 0 Å². The predicted octanol–water partition coefficient (Wildman–Crippen LogP) is 1.97. The Morgan fingerprint density at radius 1 is 1.33 bits per heavy atom. The Balaban J connectivity index is 1.68. The molecule has 2 saturated heterocycles. The van der Waals surface area contributed by atoms with Gasteiger partial charge in [-0.2, -0.15) is 0 Å². The summed E-state index contributed by atoms with van der Waals surface area (Å²) < 4.78 is 6.65. The number of halogens is 1. The minimum atomic E-state index is 0.363. The summed E-state index contributed by atoms with van der Waals surface area (Å²) in [5.41, 5.74) is 0. The maximum atomic E-state index is 5.75. The Hall–Kier alpha value is -0.680. The van der Waals surface area contributed by atoms with Gasteiger partial charge in [0.25, 0.3) is 0 Å². The molecule has 0 saturated carbocycles. The smallest absolute Gasteiger partial charge is 0.222 e. The molecule has 1 aromatic heterocycles. The lowest BCUT2D eigenvalue weighted by Gasteiger charge is -2.19. The van der Waals surface area contributed by atoms with Crippen LogP contribution in [0.3, 0.4) is 0 Å². The maximum absolute atomic E-state index is 5.75. The van der Waals surface area contributed by atoms with E-state index in [1.54, 1.807) is 12.4 Å². The quantitative estimate of drug-likeness (QED) is 0.892. The van der Waals surface area contributed by atoms with Crippen LogP contribution in [0.15, 0.2) is 16.9 Å². The molecule has 0 aromatic carbocycles. The van der Waals surface area contributed by atoms with Gasteiger partial charge in [-0.25, -0.2) is 9.97 Å². The van der Waals surface area contributed by atoms with Gasteiger partial charge in [-0.1, -0.05) is 0 Å². The van der Waals surface area contributed by atoms with Crippen molar-refractivity contribution in [1.29, 1.82) is 0 Å². The highest BCUT2D eigenvalue weighted by molar-refractivity contribution is 9.10. The normalized spacial score (nSPS) is 33.3. The molecule has 4 nitrogen and oxygen atoms in total. The fourth-order valence-electron chi connectivity index (χ4n) is 2.34. The first kappa shape index (κ1) is 9.54. The number of ether oxygens (including phenoxy) is 1. The molecule has 2 aliphatic rings. The topological polar surface area (TPSA) is 47.0 Å². The summed E-state index contributed by atoms with van der Waals surface area (Å²) in [5.74, 6) is 0.694. The van der Waals surface area contributed by atoms with E-state index < -0.39 is 0 Å². The lowest BCUT2D eigenvalue weighted by atomic mass is 9.96. The van der Waals surface area contributed by atoms with E-state index in [2.05, 4.69) is 31.2 Å². The third-order valence-electron chi connectivity index (χ3n) is 3.04. The molecule has 3 rings (SSSR count). The molecule has 0 radical (unpaired) electrons. The molecule has 0 amide bonds. The first-order valence-electron chi connectivity index (χ1n) is 5.21. The second-order valence-corrected chi connectivity index (χ2v) is 5.00.